The summed E-state index contributed by atoms with van der Waals surface area (Å²) in [6, 6.07) is 60.8. The van der Waals surface area contributed by atoms with E-state index in [4.69, 9.17) is 0 Å². The second kappa shape index (κ2) is 15.5. The molecule has 6 heteroatoms. The molecule has 0 saturated heterocycles. The maximum atomic E-state index is 11.6. The number of hydrogen-bond acceptors (Lipinski definition) is 4. The molecule has 7 aromatic rings. The number of rotatable bonds is 6. The van der Waals surface area contributed by atoms with Crippen LogP contribution in [-0.4, -0.2) is 13.4 Å². The summed E-state index contributed by atoms with van der Waals surface area (Å²) in [5, 5.41) is 23.2. The third-order valence-corrected chi connectivity index (χ3v) is 12.2. The Morgan fingerprint density at radius 1 is 0.400 bits per heavy atom. The van der Waals surface area contributed by atoms with Crippen LogP contribution in [0.25, 0.3) is 11.4 Å². The number of anilines is 4. The average molecular weight is 771 g/mol. The van der Waals surface area contributed by atoms with E-state index in [0.717, 1.165) is 89.4 Å². The number of fused-ring (bicyclic) bond motifs is 2. The summed E-state index contributed by atoms with van der Waals surface area (Å²) in [5.41, 5.74) is 20.2. The maximum absolute atomic E-state index is 11.6. The first-order valence-electron chi connectivity index (χ1n) is 20.6. The highest BCUT2D eigenvalue weighted by Crippen LogP contribution is 2.45. The van der Waals surface area contributed by atoms with Crippen LogP contribution in [0.2, 0.25) is 0 Å². The van der Waals surface area contributed by atoms with Crippen LogP contribution < -0.4 is 31.7 Å². The Bertz CT molecular complexity index is 2710. The van der Waals surface area contributed by atoms with Crippen LogP contribution >= 0.6 is 0 Å². The van der Waals surface area contributed by atoms with E-state index in [-0.39, 0.29) is 13.4 Å². The molecule has 2 aliphatic heterocycles. The predicted molar refractivity (Wildman–Crippen MR) is 253 cm³/mol. The van der Waals surface area contributed by atoms with Crippen molar-refractivity contribution < 1.29 is 0 Å². The molecule has 0 spiro atoms. The molecule has 0 N–H and O–H groups in total. The van der Waals surface area contributed by atoms with E-state index < -0.39 is 0 Å². The number of nitriles is 2. The van der Waals surface area contributed by atoms with Gasteiger partial charge in [-0.2, -0.15) is 10.5 Å². The monoisotopic (exact) mass is 770 g/mol. The van der Waals surface area contributed by atoms with Crippen molar-refractivity contribution in [2.24, 2.45) is 0 Å². The van der Waals surface area contributed by atoms with Gasteiger partial charge in [0.25, 0.3) is 13.4 Å². The quantitative estimate of drug-likeness (QED) is 0.158. The fourth-order valence-electron chi connectivity index (χ4n) is 10.1. The van der Waals surface area contributed by atoms with Crippen LogP contribution in [0.1, 0.15) is 44.5 Å². The number of para-hydroxylation sites is 2. The number of hydrogen-bond donors (Lipinski definition) is 0. The topological polar surface area (TPSA) is 54.1 Å². The van der Waals surface area contributed by atoms with Gasteiger partial charge in [0, 0.05) is 33.7 Å². The van der Waals surface area contributed by atoms with Gasteiger partial charge in [0.05, 0.1) is 23.5 Å². The summed E-state index contributed by atoms with van der Waals surface area (Å²) in [4.78, 5) is 4.59. The molecular formula is C54H44B2N4. The lowest BCUT2D eigenvalue weighted by molar-refractivity contribution is 1.25. The lowest BCUT2D eigenvalue weighted by Gasteiger charge is -2.42. The van der Waals surface area contributed by atoms with Crippen molar-refractivity contribution in [3.63, 3.8) is 0 Å². The van der Waals surface area contributed by atoms with Crippen molar-refractivity contribution in [3.05, 3.63) is 213 Å². The average Bonchev–Trinajstić information content (AvgIpc) is 3.25. The van der Waals surface area contributed by atoms with E-state index in [1.165, 1.54) is 11.1 Å². The van der Waals surface area contributed by atoms with E-state index in [1.54, 1.807) is 0 Å². The van der Waals surface area contributed by atoms with Gasteiger partial charge < -0.3 is 9.80 Å². The molecule has 9 rings (SSSR count). The van der Waals surface area contributed by atoms with E-state index >= 15 is 0 Å². The second-order valence-corrected chi connectivity index (χ2v) is 16.3. The number of aryl methyl sites for hydroxylation is 6. The van der Waals surface area contributed by atoms with E-state index in [0.29, 0.717) is 10.9 Å². The molecule has 0 radical (unpaired) electrons. The van der Waals surface area contributed by atoms with E-state index in [9.17, 15) is 10.5 Å². The molecule has 0 saturated carbocycles. The smallest absolute Gasteiger partial charge is 0.260 e. The molecule has 0 fully saturated rings. The van der Waals surface area contributed by atoms with Gasteiger partial charge in [-0.15, -0.1) is 0 Å². The largest absolute Gasteiger partial charge is 0.310 e. The summed E-state index contributed by atoms with van der Waals surface area (Å²) >= 11 is 0. The molecule has 0 amide bonds. The normalized spacial score (nSPS) is 13.5. The van der Waals surface area contributed by atoms with Gasteiger partial charge in [0.2, 0.25) is 0 Å². The van der Waals surface area contributed by atoms with Gasteiger partial charge >= 0.3 is 0 Å². The number of allylic oxidation sites excluding steroid dienone is 2. The third-order valence-electron chi connectivity index (χ3n) is 12.2. The van der Waals surface area contributed by atoms with Gasteiger partial charge in [-0.25, -0.2) is 0 Å². The fraction of sp³-hybridized carbons (Fsp3) is 0.111. The summed E-state index contributed by atoms with van der Waals surface area (Å²) in [6.07, 6.45) is 0. The van der Waals surface area contributed by atoms with Gasteiger partial charge in [0.15, 0.2) is 0 Å². The Balaban J connectivity index is 1.49. The SMILES string of the molecule is Cc1cc(C)c(B2C(C#N)=C(c3ccccc3)N(c3ccccc3)c3cc4c(cc32)B(c2c(C)cc(C)cc2C)C(C#N)=C(c2ccccc2)N4c2ccccc2)c(C)c1. The minimum Gasteiger partial charge on any atom is -0.310 e. The lowest BCUT2D eigenvalue weighted by Crippen LogP contribution is -2.57. The Labute approximate surface area is 355 Å². The highest BCUT2D eigenvalue weighted by molar-refractivity contribution is 6.97. The molecule has 0 atom stereocenters. The Morgan fingerprint density at radius 3 is 1.03 bits per heavy atom. The van der Waals surface area contributed by atoms with Gasteiger partial charge in [-0.1, -0.05) is 172 Å². The minimum atomic E-state index is -0.387. The minimum absolute atomic E-state index is 0.387. The molecule has 0 bridgehead atoms. The second-order valence-electron chi connectivity index (χ2n) is 16.3. The zero-order valence-electron chi connectivity index (χ0n) is 35.0. The molecule has 0 unspecified atom stereocenters. The maximum Gasteiger partial charge on any atom is 0.260 e. The molecule has 286 valence electrons. The van der Waals surface area contributed by atoms with Gasteiger partial charge in [0.1, 0.15) is 0 Å². The predicted octanol–water partition coefficient (Wildman–Crippen LogP) is 10.0. The summed E-state index contributed by atoms with van der Waals surface area (Å²) in [6.45, 7) is 12.2. The lowest BCUT2D eigenvalue weighted by atomic mass is 9.30. The zero-order chi connectivity index (χ0) is 41.7. The van der Waals surface area contributed by atoms with Crippen molar-refractivity contribution in [2.75, 3.05) is 9.80 Å². The zero-order valence-corrected chi connectivity index (χ0v) is 35.0. The van der Waals surface area contributed by atoms with Crippen molar-refractivity contribution in [3.8, 4) is 12.1 Å². The molecule has 7 aromatic carbocycles. The summed E-state index contributed by atoms with van der Waals surface area (Å²) in [7, 11) is 0. The van der Waals surface area contributed by atoms with Crippen LogP contribution in [0.3, 0.4) is 0 Å². The molecule has 60 heavy (non-hydrogen) atoms. The van der Waals surface area contributed by atoms with Crippen LogP contribution in [0.15, 0.2) is 169 Å². The molecule has 0 aliphatic carbocycles. The van der Waals surface area contributed by atoms with Crippen molar-refractivity contribution >= 4 is 69.4 Å². The summed E-state index contributed by atoms with van der Waals surface area (Å²) < 4.78 is 0. The molecule has 0 aromatic heterocycles. The summed E-state index contributed by atoms with van der Waals surface area (Å²) in [5.74, 6) is 0. The molecule has 2 heterocycles. The third kappa shape index (κ3) is 6.33. The Hall–Kier alpha value is -7.27. The van der Waals surface area contributed by atoms with E-state index in [1.807, 2.05) is 24.3 Å². The first kappa shape index (κ1) is 38.3. The Kier molecular flexibility index (Phi) is 9.87. The van der Waals surface area contributed by atoms with Crippen LogP contribution in [0.5, 0.6) is 0 Å². The van der Waals surface area contributed by atoms with Crippen molar-refractivity contribution in [2.45, 2.75) is 41.5 Å². The standard InChI is InChI=1S/C54H44B2N4/c1-35-27-37(3)51(38(4)28-35)55-45-31-46-50(32-49(45)59(43-23-15-9-16-24-43)53(47(55)33-57)41-19-11-7-12-20-41)60(44-25-17-10-18-26-44)54(42-21-13-8-14-22-42)48(34-58)56(46)52-39(5)29-36(2)30-40(52)6/h7-32H,1-6H3. The highest BCUT2D eigenvalue weighted by Gasteiger charge is 2.45. The van der Waals surface area contributed by atoms with Crippen LogP contribution in [0, 0.1) is 64.2 Å². The molecule has 4 nitrogen and oxygen atoms in total. The van der Waals surface area contributed by atoms with Crippen molar-refractivity contribution in [1.29, 1.82) is 10.5 Å². The Morgan fingerprint density at radius 2 is 0.717 bits per heavy atom. The van der Waals surface area contributed by atoms with Gasteiger partial charge in [-0.05, 0) is 93.9 Å². The number of benzene rings is 7. The number of nitrogens with zero attached hydrogens (tertiary/aromatic N) is 4. The first-order chi connectivity index (χ1) is 29.2. The molecule has 2 aliphatic rings. The fourth-order valence-corrected chi connectivity index (χ4v) is 10.1. The highest BCUT2D eigenvalue weighted by atomic mass is 15.2. The van der Waals surface area contributed by atoms with Gasteiger partial charge in [-0.3, -0.25) is 0 Å². The van der Waals surface area contributed by atoms with Crippen LogP contribution in [0.4, 0.5) is 22.7 Å². The first-order valence-corrected chi connectivity index (χ1v) is 20.6. The van der Waals surface area contributed by atoms with Crippen molar-refractivity contribution in [1.82, 2.24) is 0 Å². The van der Waals surface area contributed by atoms with Crippen LogP contribution in [-0.2, 0) is 0 Å². The van der Waals surface area contributed by atoms with E-state index in [2.05, 4.69) is 197 Å². The molecular weight excluding hydrogens is 726 g/mol.